The van der Waals surface area contributed by atoms with Crippen molar-refractivity contribution in [1.29, 1.82) is 0 Å². The number of hydrogen-bond acceptors (Lipinski definition) is 1. The minimum absolute atomic E-state index is 0.789. The Morgan fingerprint density at radius 2 is 2.31 bits per heavy atom. The van der Waals surface area contributed by atoms with Crippen LogP contribution in [0.15, 0.2) is 23.8 Å². The molecule has 1 aliphatic carbocycles. The van der Waals surface area contributed by atoms with Crippen molar-refractivity contribution in [2.24, 2.45) is 0 Å². The first kappa shape index (κ1) is 12.9. The Labute approximate surface area is 89.4 Å². The Bertz CT molecular complexity index is 164. The van der Waals surface area contributed by atoms with Crippen molar-refractivity contribution in [2.45, 2.75) is 26.2 Å². The molecule has 0 radical (unpaired) electrons. The van der Waals surface area contributed by atoms with Gasteiger partial charge < -0.3 is 4.43 Å². The molecule has 0 saturated heterocycles. The first-order valence-corrected chi connectivity index (χ1v) is 6.09. The van der Waals surface area contributed by atoms with Crippen molar-refractivity contribution in [2.75, 3.05) is 12.5 Å². The molecule has 0 unspecified atom stereocenters. The average molecular weight is 219 g/mol. The zero-order valence-electron chi connectivity index (χ0n) is 8.55. The molecule has 0 spiro atoms. The third-order valence-corrected chi connectivity index (χ3v) is 2.61. The molecule has 0 atom stereocenters. The highest BCUT2D eigenvalue weighted by Crippen LogP contribution is 2.15. The van der Waals surface area contributed by atoms with E-state index in [9.17, 15) is 0 Å². The Balaban J connectivity index is 0.000000310. The third kappa shape index (κ3) is 8.28. The van der Waals surface area contributed by atoms with Crippen molar-refractivity contribution in [1.82, 2.24) is 0 Å². The Morgan fingerprint density at radius 3 is 2.69 bits per heavy atom. The molecule has 76 valence electrons. The minimum atomic E-state index is 0.789. The van der Waals surface area contributed by atoms with E-state index in [0.717, 1.165) is 35.8 Å². The molecule has 0 amide bonds. The fraction of sp³-hybridized carbons (Fsp3) is 0.600. The van der Waals surface area contributed by atoms with Gasteiger partial charge in [0.15, 0.2) is 0 Å². The molecule has 13 heavy (non-hydrogen) atoms. The zero-order valence-corrected chi connectivity index (χ0v) is 11.3. The molecule has 0 heterocycles. The monoisotopic (exact) mass is 218 g/mol. The lowest BCUT2D eigenvalue weighted by Gasteiger charge is -1.95. The summed E-state index contributed by atoms with van der Waals surface area (Å²) in [6.07, 6.45) is 9.93. The largest absolute Gasteiger partial charge is 0.428 e. The van der Waals surface area contributed by atoms with E-state index in [1.807, 2.05) is 6.92 Å². The molecule has 0 N–H and O–H groups in total. The van der Waals surface area contributed by atoms with Crippen molar-refractivity contribution >= 4 is 22.1 Å². The number of hydrogen-bond donors (Lipinski definition) is 0. The number of halogens is 1. The van der Waals surface area contributed by atoms with Crippen LogP contribution in [-0.2, 0) is 4.43 Å². The van der Waals surface area contributed by atoms with Gasteiger partial charge in [0, 0.05) is 12.5 Å². The van der Waals surface area contributed by atoms with E-state index in [-0.39, 0.29) is 0 Å². The maximum atomic E-state index is 5.53. The van der Waals surface area contributed by atoms with Gasteiger partial charge in [-0.1, -0.05) is 23.8 Å². The van der Waals surface area contributed by atoms with Gasteiger partial charge >= 0.3 is 0 Å². The van der Waals surface area contributed by atoms with Crippen LogP contribution in [0.2, 0.25) is 0 Å². The standard InChI is InChI=1S/C8H11Cl.C2H8OSi/c9-7-3-6-8-4-1-2-5-8;1-2-3-4/h1-2,4H,3,5-7H2;2H2,1,4H3. The summed E-state index contributed by atoms with van der Waals surface area (Å²) >= 11 is 5.53. The van der Waals surface area contributed by atoms with Crippen LogP contribution >= 0.6 is 11.6 Å². The number of alkyl halides is 1. The molecule has 1 nitrogen and oxygen atoms in total. The molecular formula is C10H19ClOSi. The predicted octanol–water partition coefficient (Wildman–Crippen LogP) is 2.20. The summed E-state index contributed by atoms with van der Waals surface area (Å²) < 4.78 is 4.68. The number of rotatable bonds is 4. The highest BCUT2D eigenvalue weighted by atomic mass is 35.5. The van der Waals surface area contributed by atoms with E-state index in [1.54, 1.807) is 0 Å². The zero-order chi connectivity index (χ0) is 9.94. The van der Waals surface area contributed by atoms with Crippen LogP contribution in [-0.4, -0.2) is 23.0 Å². The van der Waals surface area contributed by atoms with Crippen LogP contribution in [0, 0.1) is 0 Å². The molecule has 0 fully saturated rings. The summed E-state index contributed by atoms with van der Waals surface area (Å²) in [5.74, 6) is 0.789. The van der Waals surface area contributed by atoms with E-state index >= 15 is 0 Å². The quantitative estimate of drug-likeness (QED) is 0.520. The summed E-state index contributed by atoms with van der Waals surface area (Å²) in [7, 11) is 0.890. The van der Waals surface area contributed by atoms with Gasteiger partial charge in [-0.15, -0.1) is 11.6 Å². The van der Waals surface area contributed by atoms with Crippen LogP contribution in [0.5, 0.6) is 0 Å². The summed E-state index contributed by atoms with van der Waals surface area (Å²) in [6, 6.07) is 0. The molecule has 1 aliphatic rings. The van der Waals surface area contributed by atoms with E-state index < -0.39 is 0 Å². The molecule has 0 aromatic carbocycles. The normalized spacial score (nSPS) is 13.8. The molecule has 0 aromatic heterocycles. The first-order chi connectivity index (χ1) is 6.35. The average Bonchev–Trinajstić information content (AvgIpc) is 2.67. The fourth-order valence-electron chi connectivity index (χ4n) is 0.971. The smallest absolute Gasteiger partial charge is 0.145 e. The molecular weight excluding hydrogens is 200 g/mol. The lowest BCUT2D eigenvalue weighted by molar-refractivity contribution is 0.375. The van der Waals surface area contributed by atoms with Crippen molar-refractivity contribution in [3.05, 3.63) is 23.8 Å². The van der Waals surface area contributed by atoms with Crippen molar-refractivity contribution in [3.63, 3.8) is 0 Å². The van der Waals surface area contributed by atoms with Gasteiger partial charge in [0.2, 0.25) is 0 Å². The maximum Gasteiger partial charge on any atom is 0.145 e. The SMILES string of the molecule is CCO[SiH3].ClCCCC1=CC=CC1. The van der Waals surface area contributed by atoms with Gasteiger partial charge in [0.25, 0.3) is 0 Å². The van der Waals surface area contributed by atoms with Gasteiger partial charge in [0.1, 0.15) is 10.5 Å². The Morgan fingerprint density at radius 1 is 1.62 bits per heavy atom. The Hall–Kier alpha value is -0.0531. The van der Waals surface area contributed by atoms with Crippen LogP contribution in [0.25, 0.3) is 0 Å². The molecule has 0 saturated carbocycles. The second-order valence-corrected chi connectivity index (χ2v) is 3.78. The highest BCUT2D eigenvalue weighted by molar-refractivity contribution is 6.17. The van der Waals surface area contributed by atoms with Gasteiger partial charge in [-0.3, -0.25) is 0 Å². The second kappa shape index (κ2) is 10.0. The van der Waals surface area contributed by atoms with E-state index in [1.165, 1.54) is 12.0 Å². The van der Waals surface area contributed by atoms with Gasteiger partial charge in [-0.05, 0) is 26.2 Å². The maximum absolute atomic E-state index is 5.53. The molecule has 1 rings (SSSR count). The molecule has 3 heteroatoms. The van der Waals surface area contributed by atoms with E-state index in [2.05, 4.69) is 22.7 Å². The molecule has 0 aromatic rings. The van der Waals surface area contributed by atoms with Gasteiger partial charge in [-0.25, -0.2) is 0 Å². The van der Waals surface area contributed by atoms with Crippen LogP contribution in [0.4, 0.5) is 0 Å². The van der Waals surface area contributed by atoms with Gasteiger partial charge in [-0.2, -0.15) is 0 Å². The first-order valence-electron chi connectivity index (χ1n) is 4.74. The van der Waals surface area contributed by atoms with E-state index in [0.29, 0.717) is 0 Å². The minimum Gasteiger partial charge on any atom is -0.428 e. The predicted molar refractivity (Wildman–Crippen MR) is 63.4 cm³/mol. The number of allylic oxidation sites excluding steroid dienone is 4. The summed E-state index contributed by atoms with van der Waals surface area (Å²) in [4.78, 5) is 0. The lowest BCUT2D eigenvalue weighted by Crippen LogP contribution is -1.79. The highest BCUT2D eigenvalue weighted by Gasteiger charge is 1.96. The lowest BCUT2D eigenvalue weighted by atomic mass is 10.1. The van der Waals surface area contributed by atoms with Crippen LogP contribution in [0.3, 0.4) is 0 Å². The fourth-order valence-corrected chi connectivity index (χ4v) is 1.10. The van der Waals surface area contributed by atoms with Gasteiger partial charge in [0.05, 0.1) is 0 Å². The summed E-state index contributed by atoms with van der Waals surface area (Å²) in [6.45, 7) is 2.87. The van der Waals surface area contributed by atoms with Crippen LogP contribution < -0.4 is 0 Å². The second-order valence-electron chi connectivity index (χ2n) is 2.83. The molecule has 0 bridgehead atoms. The summed E-state index contributed by atoms with van der Waals surface area (Å²) in [5, 5.41) is 0. The molecule has 0 aliphatic heterocycles. The van der Waals surface area contributed by atoms with E-state index in [4.69, 9.17) is 11.6 Å². The third-order valence-electron chi connectivity index (χ3n) is 1.77. The van der Waals surface area contributed by atoms with Crippen LogP contribution in [0.1, 0.15) is 26.2 Å². The van der Waals surface area contributed by atoms with Crippen molar-refractivity contribution < 1.29 is 4.43 Å². The Kier molecular flexibility index (Phi) is 9.99. The topological polar surface area (TPSA) is 9.23 Å². The summed E-state index contributed by atoms with van der Waals surface area (Å²) in [5.41, 5.74) is 1.52. The van der Waals surface area contributed by atoms with Crippen molar-refractivity contribution in [3.8, 4) is 0 Å².